The van der Waals surface area contributed by atoms with E-state index in [1.54, 1.807) is 12.2 Å². The fourth-order valence-corrected chi connectivity index (χ4v) is 2.10. The maximum Gasteiger partial charge on any atom is 0.189 e. The minimum absolute atomic E-state index is 0.0673. The van der Waals surface area contributed by atoms with Crippen molar-refractivity contribution < 1.29 is 43.0 Å². The minimum atomic E-state index is -1.34. The van der Waals surface area contributed by atoms with Crippen molar-refractivity contribution in [2.75, 3.05) is 99.1 Å². The Kier molecular flexibility index (Phi) is 23.1. The van der Waals surface area contributed by atoms with Crippen LogP contribution < -0.4 is 0 Å². The standard InChI is InChI=1S/C22H42O9/c1-4-7-24-9-11-26-13-14-28-17-18-30-21-22(23,6-3)31-20-19-29-16-15-27-12-10-25-8-5-2/h4-5,23H,1-2,6-21H2,3H3. The number of rotatable bonds is 26. The van der Waals surface area contributed by atoms with Gasteiger partial charge in [-0.05, 0) is 0 Å². The van der Waals surface area contributed by atoms with Gasteiger partial charge in [-0.1, -0.05) is 19.1 Å². The van der Waals surface area contributed by atoms with Gasteiger partial charge in [-0.2, -0.15) is 0 Å². The maximum atomic E-state index is 10.4. The highest BCUT2D eigenvalue weighted by molar-refractivity contribution is 4.64. The summed E-state index contributed by atoms with van der Waals surface area (Å²) in [6.07, 6.45) is 3.80. The Morgan fingerprint density at radius 3 is 1.32 bits per heavy atom. The predicted molar refractivity (Wildman–Crippen MR) is 117 cm³/mol. The van der Waals surface area contributed by atoms with Crippen LogP contribution in [0.3, 0.4) is 0 Å². The third-order valence-corrected chi connectivity index (χ3v) is 3.81. The van der Waals surface area contributed by atoms with E-state index in [9.17, 15) is 5.11 Å². The summed E-state index contributed by atoms with van der Waals surface area (Å²) in [4.78, 5) is 0. The highest BCUT2D eigenvalue weighted by Gasteiger charge is 2.25. The van der Waals surface area contributed by atoms with E-state index in [4.69, 9.17) is 37.9 Å². The predicted octanol–water partition coefficient (Wildman–Crippen LogP) is 1.59. The van der Waals surface area contributed by atoms with Crippen molar-refractivity contribution in [1.82, 2.24) is 0 Å². The monoisotopic (exact) mass is 450 g/mol. The van der Waals surface area contributed by atoms with Crippen LogP contribution in [0.25, 0.3) is 0 Å². The molecule has 0 aliphatic carbocycles. The van der Waals surface area contributed by atoms with E-state index in [-0.39, 0.29) is 13.2 Å². The molecule has 0 amide bonds. The molecule has 0 radical (unpaired) electrons. The SMILES string of the molecule is C=CCOCCOCCOCCOCC(O)(CC)OCCOCCOCCOCC=C. The lowest BCUT2D eigenvalue weighted by Gasteiger charge is -2.26. The van der Waals surface area contributed by atoms with Crippen LogP contribution in [0, 0.1) is 0 Å². The van der Waals surface area contributed by atoms with Gasteiger partial charge in [0.05, 0.1) is 92.5 Å². The van der Waals surface area contributed by atoms with Crippen molar-refractivity contribution in [3.63, 3.8) is 0 Å². The molecule has 1 unspecified atom stereocenters. The summed E-state index contributed by atoms with van der Waals surface area (Å²) in [5.74, 6) is -1.34. The Labute approximate surface area is 187 Å². The molecule has 0 aliphatic rings. The number of aliphatic hydroxyl groups is 1. The number of hydrogen-bond donors (Lipinski definition) is 1. The molecule has 0 aromatic carbocycles. The molecule has 0 rings (SSSR count). The second kappa shape index (κ2) is 23.8. The molecule has 0 bridgehead atoms. The molecular weight excluding hydrogens is 408 g/mol. The van der Waals surface area contributed by atoms with Crippen LogP contribution in [0.1, 0.15) is 13.3 Å². The van der Waals surface area contributed by atoms with Crippen molar-refractivity contribution in [3.8, 4) is 0 Å². The summed E-state index contributed by atoms with van der Waals surface area (Å²) in [5.41, 5.74) is 0. The molecule has 1 atom stereocenters. The van der Waals surface area contributed by atoms with E-state index in [0.29, 0.717) is 92.3 Å². The molecule has 9 nitrogen and oxygen atoms in total. The van der Waals surface area contributed by atoms with E-state index in [1.807, 2.05) is 6.92 Å². The van der Waals surface area contributed by atoms with Gasteiger partial charge in [-0.25, -0.2) is 0 Å². The minimum Gasteiger partial charge on any atom is -0.377 e. The zero-order valence-corrected chi connectivity index (χ0v) is 19.1. The smallest absolute Gasteiger partial charge is 0.189 e. The van der Waals surface area contributed by atoms with Crippen LogP contribution in [0.2, 0.25) is 0 Å². The van der Waals surface area contributed by atoms with Crippen molar-refractivity contribution in [3.05, 3.63) is 25.3 Å². The van der Waals surface area contributed by atoms with E-state index >= 15 is 0 Å². The summed E-state index contributed by atoms with van der Waals surface area (Å²) in [7, 11) is 0. The molecule has 184 valence electrons. The van der Waals surface area contributed by atoms with Gasteiger partial charge in [0.25, 0.3) is 0 Å². The number of hydrogen-bond acceptors (Lipinski definition) is 9. The van der Waals surface area contributed by atoms with Crippen LogP contribution in [-0.4, -0.2) is 110 Å². The molecule has 31 heavy (non-hydrogen) atoms. The number of ether oxygens (including phenoxy) is 8. The zero-order valence-electron chi connectivity index (χ0n) is 19.1. The first-order valence-corrected chi connectivity index (χ1v) is 10.8. The van der Waals surface area contributed by atoms with Gasteiger partial charge >= 0.3 is 0 Å². The molecule has 0 saturated carbocycles. The molecule has 0 aromatic heterocycles. The fourth-order valence-electron chi connectivity index (χ4n) is 2.10. The highest BCUT2D eigenvalue weighted by atomic mass is 16.7. The summed E-state index contributed by atoms with van der Waals surface area (Å²) >= 11 is 0. The van der Waals surface area contributed by atoms with Gasteiger partial charge in [0.2, 0.25) is 0 Å². The van der Waals surface area contributed by atoms with Crippen molar-refractivity contribution in [2.24, 2.45) is 0 Å². The quantitative estimate of drug-likeness (QED) is 0.120. The van der Waals surface area contributed by atoms with Gasteiger partial charge < -0.3 is 43.0 Å². The van der Waals surface area contributed by atoms with E-state index in [2.05, 4.69) is 13.2 Å². The first-order valence-electron chi connectivity index (χ1n) is 10.8. The third kappa shape index (κ3) is 22.1. The molecule has 0 fully saturated rings. The largest absolute Gasteiger partial charge is 0.377 e. The van der Waals surface area contributed by atoms with Crippen LogP contribution in [-0.2, 0) is 37.9 Å². The molecule has 0 aromatic rings. The molecule has 1 N–H and O–H groups in total. The van der Waals surface area contributed by atoms with Gasteiger partial charge in [-0.15, -0.1) is 13.2 Å². The van der Waals surface area contributed by atoms with Crippen molar-refractivity contribution in [2.45, 2.75) is 19.1 Å². The second-order valence-corrected chi connectivity index (χ2v) is 6.38. The first kappa shape index (κ1) is 30.1. The van der Waals surface area contributed by atoms with Crippen molar-refractivity contribution in [1.29, 1.82) is 0 Å². The molecule has 9 heteroatoms. The lowest BCUT2D eigenvalue weighted by molar-refractivity contribution is -0.239. The normalized spacial score (nSPS) is 13.2. The fraction of sp³-hybridized carbons (Fsp3) is 0.818. The summed E-state index contributed by atoms with van der Waals surface area (Å²) in [6, 6.07) is 0. The van der Waals surface area contributed by atoms with Gasteiger partial charge in [0.15, 0.2) is 5.79 Å². The van der Waals surface area contributed by atoms with E-state index < -0.39 is 5.79 Å². The topological polar surface area (TPSA) is 94.1 Å². The maximum absolute atomic E-state index is 10.4. The Balaban J connectivity index is 3.46. The Morgan fingerprint density at radius 2 is 0.935 bits per heavy atom. The summed E-state index contributed by atoms with van der Waals surface area (Å²) in [6.45, 7) is 15.5. The van der Waals surface area contributed by atoms with Crippen molar-refractivity contribution >= 4 is 0 Å². The summed E-state index contributed by atoms with van der Waals surface area (Å²) in [5, 5.41) is 10.4. The zero-order chi connectivity index (χ0) is 22.9. The summed E-state index contributed by atoms with van der Waals surface area (Å²) < 4.78 is 42.9. The Bertz CT molecular complexity index is 395. The Morgan fingerprint density at radius 1 is 0.581 bits per heavy atom. The molecule has 0 saturated heterocycles. The first-order chi connectivity index (χ1) is 15.2. The lowest BCUT2D eigenvalue weighted by Crippen LogP contribution is -2.38. The van der Waals surface area contributed by atoms with E-state index in [1.165, 1.54) is 0 Å². The average molecular weight is 451 g/mol. The molecule has 0 spiro atoms. The molecule has 0 aliphatic heterocycles. The second-order valence-electron chi connectivity index (χ2n) is 6.38. The van der Waals surface area contributed by atoms with Gasteiger partial charge in [0.1, 0.15) is 6.61 Å². The average Bonchev–Trinajstić information content (AvgIpc) is 2.78. The van der Waals surface area contributed by atoms with Gasteiger partial charge in [-0.3, -0.25) is 0 Å². The Hall–Kier alpha value is -0.880. The van der Waals surface area contributed by atoms with Crippen LogP contribution in [0.5, 0.6) is 0 Å². The van der Waals surface area contributed by atoms with Crippen LogP contribution >= 0.6 is 0 Å². The molecular formula is C22H42O9. The lowest BCUT2D eigenvalue weighted by atomic mass is 10.2. The van der Waals surface area contributed by atoms with Crippen LogP contribution in [0.15, 0.2) is 25.3 Å². The highest BCUT2D eigenvalue weighted by Crippen LogP contribution is 2.12. The van der Waals surface area contributed by atoms with Gasteiger partial charge in [0, 0.05) is 6.42 Å². The van der Waals surface area contributed by atoms with E-state index in [0.717, 1.165) is 0 Å². The molecule has 0 heterocycles. The third-order valence-electron chi connectivity index (χ3n) is 3.81. The van der Waals surface area contributed by atoms with Crippen LogP contribution in [0.4, 0.5) is 0 Å².